The van der Waals surface area contributed by atoms with Crippen molar-refractivity contribution >= 4 is 11.6 Å². The van der Waals surface area contributed by atoms with Gasteiger partial charge in [-0.2, -0.15) is 0 Å². The number of fused-ring (bicyclic) bond motifs is 1. The van der Waals surface area contributed by atoms with E-state index < -0.39 is 0 Å². The van der Waals surface area contributed by atoms with Crippen molar-refractivity contribution in [1.29, 1.82) is 0 Å². The Kier molecular flexibility index (Phi) is 4.04. The van der Waals surface area contributed by atoms with Crippen molar-refractivity contribution in [3.63, 3.8) is 0 Å². The largest absolute Gasteiger partial charge is 0.325 e. The van der Waals surface area contributed by atoms with E-state index in [-0.39, 0.29) is 17.7 Å². The summed E-state index contributed by atoms with van der Waals surface area (Å²) in [6.45, 7) is 6.27. The van der Waals surface area contributed by atoms with Crippen molar-refractivity contribution in [1.82, 2.24) is 0 Å². The van der Waals surface area contributed by atoms with Crippen LogP contribution in [0.4, 0.5) is 5.69 Å². The van der Waals surface area contributed by atoms with Gasteiger partial charge in [0.1, 0.15) is 0 Å². The zero-order valence-corrected chi connectivity index (χ0v) is 16.8. The van der Waals surface area contributed by atoms with Crippen LogP contribution in [-0.2, 0) is 4.79 Å². The Labute approximate surface area is 167 Å². The van der Waals surface area contributed by atoms with Gasteiger partial charge in [0.2, 0.25) is 5.91 Å². The quantitative estimate of drug-likeness (QED) is 0.711. The molecule has 4 aliphatic rings. The molecule has 0 aromatic heterocycles. The molecule has 28 heavy (non-hydrogen) atoms. The molecule has 6 rings (SSSR count). The lowest BCUT2D eigenvalue weighted by Crippen LogP contribution is -2.46. The maximum absolute atomic E-state index is 13.5. The summed E-state index contributed by atoms with van der Waals surface area (Å²) < 4.78 is 0. The Hall–Kier alpha value is -2.61. The molecule has 0 saturated heterocycles. The fraction of sp³-hybridized carbons (Fsp3) is 0.346. The maximum atomic E-state index is 13.5. The van der Waals surface area contributed by atoms with Gasteiger partial charge in [0.25, 0.3) is 0 Å². The van der Waals surface area contributed by atoms with Gasteiger partial charge in [-0.05, 0) is 67.2 Å². The van der Waals surface area contributed by atoms with E-state index in [0.717, 1.165) is 23.2 Å². The van der Waals surface area contributed by atoms with Crippen LogP contribution in [0, 0.1) is 38.5 Å². The number of allylic oxidation sites excluding steroid dienone is 4. The van der Waals surface area contributed by atoms with E-state index in [2.05, 4.69) is 86.8 Å². The number of aryl methyl sites for hydroxylation is 3. The first-order chi connectivity index (χ1) is 13.5. The average molecular weight is 370 g/mol. The first-order valence-corrected chi connectivity index (χ1v) is 10.4. The third-order valence-corrected chi connectivity index (χ3v) is 7.06. The van der Waals surface area contributed by atoms with E-state index in [0.29, 0.717) is 17.8 Å². The summed E-state index contributed by atoms with van der Waals surface area (Å²) in [5.74, 6) is 1.85. The normalized spacial score (nSPS) is 29.3. The van der Waals surface area contributed by atoms with Gasteiger partial charge in [-0.15, -0.1) is 0 Å². The summed E-state index contributed by atoms with van der Waals surface area (Å²) >= 11 is 0. The van der Waals surface area contributed by atoms with Gasteiger partial charge in [0.05, 0.1) is 0 Å². The molecule has 2 aromatic carbocycles. The van der Waals surface area contributed by atoms with Crippen molar-refractivity contribution in [3.05, 3.63) is 88.5 Å². The number of anilines is 1. The summed E-state index contributed by atoms with van der Waals surface area (Å²) in [4.78, 5) is 13.5. The zero-order chi connectivity index (χ0) is 19.4. The SMILES string of the molecule is Cc1cc(C)c(NC(=O)[C@H]2C[C@@H]3c4ccccc4[C@@H]2[C@H]2C=CC=C[C@@H]23)c(C)c1. The predicted octanol–water partition coefficient (Wildman–Crippen LogP) is 5.81. The Morgan fingerprint density at radius 3 is 2.29 bits per heavy atom. The van der Waals surface area contributed by atoms with Gasteiger partial charge in [0.15, 0.2) is 0 Å². The van der Waals surface area contributed by atoms with E-state index in [1.165, 1.54) is 16.7 Å². The first kappa shape index (κ1) is 17.5. The van der Waals surface area contributed by atoms with Crippen molar-refractivity contribution in [3.8, 4) is 0 Å². The van der Waals surface area contributed by atoms with Crippen LogP contribution in [0.3, 0.4) is 0 Å². The molecule has 4 aliphatic carbocycles. The molecule has 0 aliphatic heterocycles. The molecular weight excluding hydrogens is 342 g/mol. The van der Waals surface area contributed by atoms with Crippen molar-refractivity contribution < 1.29 is 4.79 Å². The van der Waals surface area contributed by atoms with E-state index in [1.54, 1.807) is 0 Å². The van der Waals surface area contributed by atoms with Gasteiger partial charge >= 0.3 is 0 Å². The van der Waals surface area contributed by atoms with Crippen molar-refractivity contribution in [2.24, 2.45) is 17.8 Å². The minimum Gasteiger partial charge on any atom is -0.325 e. The topological polar surface area (TPSA) is 29.1 Å². The minimum absolute atomic E-state index is 0.0254. The molecule has 1 fully saturated rings. The Morgan fingerprint density at radius 2 is 1.57 bits per heavy atom. The smallest absolute Gasteiger partial charge is 0.228 e. The van der Waals surface area contributed by atoms with E-state index in [4.69, 9.17) is 0 Å². The number of rotatable bonds is 2. The van der Waals surface area contributed by atoms with Crippen molar-refractivity contribution in [2.75, 3.05) is 5.32 Å². The molecule has 5 atom stereocenters. The highest BCUT2D eigenvalue weighted by molar-refractivity contribution is 5.95. The summed E-state index contributed by atoms with van der Waals surface area (Å²) in [5, 5.41) is 3.31. The van der Waals surface area contributed by atoms with E-state index >= 15 is 0 Å². The van der Waals surface area contributed by atoms with E-state index in [1.807, 2.05) is 0 Å². The highest BCUT2D eigenvalue weighted by Gasteiger charge is 2.52. The standard InChI is InChI=1S/C26H27NO/c1-15-12-16(2)25(17(3)13-15)27-26(28)23-14-22-18-8-4-6-10-20(18)24(23)21-11-7-5-9-19(21)22/h4-13,18,20,22-24H,14H2,1-3H3,(H,27,28)/t18-,20-,22-,23-,24-/m0/s1. The van der Waals surface area contributed by atoms with Crippen LogP contribution in [0.25, 0.3) is 0 Å². The molecule has 2 aromatic rings. The molecule has 1 saturated carbocycles. The maximum Gasteiger partial charge on any atom is 0.228 e. The molecular formula is C26H27NO. The molecule has 0 unspecified atom stereocenters. The van der Waals surface area contributed by atoms with Crippen LogP contribution in [0.15, 0.2) is 60.7 Å². The number of carbonyl (C=O) groups excluding carboxylic acids is 1. The van der Waals surface area contributed by atoms with Gasteiger partial charge in [-0.25, -0.2) is 0 Å². The second kappa shape index (κ2) is 6.48. The highest BCUT2D eigenvalue weighted by Crippen LogP contribution is 2.59. The lowest BCUT2D eigenvalue weighted by molar-refractivity contribution is -0.122. The van der Waals surface area contributed by atoms with E-state index in [9.17, 15) is 4.79 Å². The number of hydrogen-bond acceptors (Lipinski definition) is 1. The number of benzene rings is 2. The van der Waals surface area contributed by atoms with Gasteiger partial charge in [-0.3, -0.25) is 4.79 Å². The Balaban J connectivity index is 1.51. The number of nitrogens with one attached hydrogen (secondary N) is 1. The van der Waals surface area contributed by atoms with Crippen LogP contribution >= 0.6 is 0 Å². The second-order valence-electron chi connectivity index (χ2n) is 8.79. The molecule has 2 nitrogen and oxygen atoms in total. The molecule has 1 amide bonds. The Bertz CT molecular complexity index is 992. The molecule has 0 heterocycles. The lowest BCUT2D eigenvalue weighted by atomic mass is 9.51. The fourth-order valence-corrected chi connectivity index (χ4v) is 6.02. The molecule has 0 radical (unpaired) electrons. The van der Waals surface area contributed by atoms with Crippen LogP contribution in [0.5, 0.6) is 0 Å². The minimum atomic E-state index is 0.0254. The van der Waals surface area contributed by atoms with Crippen LogP contribution < -0.4 is 5.32 Å². The lowest BCUT2D eigenvalue weighted by Gasteiger charge is -2.52. The molecule has 2 heteroatoms. The number of carbonyl (C=O) groups is 1. The highest BCUT2D eigenvalue weighted by atomic mass is 16.1. The number of amides is 1. The monoisotopic (exact) mass is 369 g/mol. The third kappa shape index (κ3) is 2.58. The first-order valence-electron chi connectivity index (χ1n) is 10.4. The van der Waals surface area contributed by atoms with Crippen LogP contribution in [-0.4, -0.2) is 5.91 Å². The number of hydrogen-bond donors (Lipinski definition) is 1. The molecule has 1 N–H and O–H groups in total. The summed E-state index contributed by atoms with van der Waals surface area (Å²) in [6.07, 6.45) is 9.98. The van der Waals surface area contributed by atoms with Crippen molar-refractivity contribution in [2.45, 2.75) is 39.0 Å². The predicted molar refractivity (Wildman–Crippen MR) is 115 cm³/mol. The van der Waals surface area contributed by atoms with Crippen LogP contribution in [0.1, 0.15) is 46.1 Å². The summed E-state index contributed by atoms with van der Waals surface area (Å²) in [7, 11) is 0. The third-order valence-electron chi connectivity index (χ3n) is 7.06. The summed E-state index contributed by atoms with van der Waals surface area (Å²) in [5.41, 5.74) is 7.36. The Morgan fingerprint density at radius 1 is 0.929 bits per heavy atom. The molecule has 2 bridgehead atoms. The van der Waals surface area contributed by atoms with Gasteiger partial charge in [-0.1, -0.05) is 66.3 Å². The summed E-state index contributed by atoms with van der Waals surface area (Å²) in [6, 6.07) is 13.1. The second-order valence-corrected chi connectivity index (χ2v) is 8.79. The van der Waals surface area contributed by atoms with Gasteiger partial charge in [0, 0.05) is 17.5 Å². The zero-order valence-electron chi connectivity index (χ0n) is 16.8. The van der Waals surface area contributed by atoms with Crippen LogP contribution in [0.2, 0.25) is 0 Å². The molecule has 0 spiro atoms. The van der Waals surface area contributed by atoms with Gasteiger partial charge < -0.3 is 5.32 Å². The molecule has 142 valence electrons. The average Bonchev–Trinajstić information content (AvgIpc) is 2.70. The fourth-order valence-electron chi connectivity index (χ4n) is 6.02.